The third-order valence-electron chi connectivity index (χ3n) is 2.74. The van der Waals surface area contributed by atoms with Crippen molar-refractivity contribution >= 4 is 12.0 Å². The number of hydrogen-bond donors (Lipinski definition) is 2. The number of aliphatic hydroxyl groups excluding tert-OH is 1. The maximum absolute atomic E-state index is 10.0. The Balaban J connectivity index is 2.26. The van der Waals surface area contributed by atoms with Gasteiger partial charge in [0.2, 0.25) is 0 Å². The molecule has 0 aliphatic carbocycles. The summed E-state index contributed by atoms with van der Waals surface area (Å²) in [7, 11) is 0. The fourth-order valence-electron chi connectivity index (χ4n) is 1.91. The van der Waals surface area contributed by atoms with E-state index >= 15 is 0 Å². The molecule has 4 heteroatoms. The third kappa shape index (κ3) is 2.23. The molecule has 1 unspecified atom stereocenters. The van der Waals surface area contributed by atoms with Crippen LogP contribution in [0.15, 0.2) is 29.3 Å². The largest absolute Gasteiger partial charge is 0.388 e. The van der Waals surface area contributed by atoms with Crippen LogP contribution < -0.4 is 10.6 Å². The molecule has 1 aliphatic rings. The van der Waals surface area contributed by atoms with E-state index in [1.54, 1.807) is 0 Å². The second kappa shape index (κ2) is 5.09. The Morgan fingerprint density at radius 3 is 2.94 bits per heavy atom. The van der Waals surface area contributed by atoms with Gasteiger partial charge in [0.05, 0.1) is 19.0 Å². The quantitative estimate of drug-likeness (QED) is 0.791. The molecule has 1 aromatic carbocycles. The molecule has 0 bridgehead atoms. The summed E-state index contributed by atoms with van der Waals surface area (Å²) < 4.78 is 0. The Morgan fingerprint density at radius 2 is 2.25 bits per heavy atom. The lowest BCUT2D eigenvalue weighted by Gasteiger charge is -2.21. The molecule has 3 N–H and O–H groups in total. The van der Waals surface area contributed by atoms with Crippen molar-refractivity contribution in [3.8, 4) is 0 Å². The maximum atomic E-state index is 10.0. The molecule has 1 atom stereocenters. The number of para-hydroxylation sites is 1. The minimum absolute atomic E-state index is 0.490. The van der Waals surface area contributed by atoms with E-state index in [-0.39, 0.29) is 0 Å². The minimum atomic E-state index is -0.491. The predicted molar refractivity (Wildman–Crippen MR) is 65.8 cm³/mol. The standard InChI is InChI=1S/C12H17N3O/c13-6-5-12(16)10-3-1-2-4-11(10)15-8-7-14-9-15/h1-4,9,12,16H,5-8,13H2. The van der Waals surface area contributed by atoms with Crippen LogP contribution in [0.4, 0.5) is 5.69 Å². The van der Waals surface area contributed by atoms with Crippen LogP contribution in [0.25, 0.3) is 0 Å². The van der Waals surface area contributed by atoms with Crippen molar-refractivity contribution in [3.63, 3.8) is 0 Å². The van der Waals surface area contributed by atoms with E-state index in [9.17, 15) is 5.11 Å². The van der Waals surface area contributed by atoms with E-state index in [1.807, 2.05) is 30.6 Å². The Bertz CT molecular complexity index is 378. The van der Waals surface area contributed by atoms with Crippen molar-refractivity contribution in [1.82, 2.24) is 0 Å². The van der Waals surface area contributed by atoms with E-state index in [2.05, 4.69) is 9.89 Å². The first-order valence-electron chi connectivity index (χ1n) is 5.56. The van der Waals surface area contributed by atoms with Crippen LogP contribution in [0.1, 0.15) is 18.1 Å². The van der Waals surface area contributed by atoms with E-state index in [0.717, 1.165) is 24.3 Å². The molecule has 2 rings (SSSR count). The van der Waals surface area contributed by atoms with Crippen molar-refractivity contribution in [3.05, 3.63) is 29.8 Å². The summed E-state index contributed by atoms with van der Waals surface area (Å²) in [6.07, 6.45) is 1.92. The molecule has 1 aromatic rings. The predicted octanol–water partition coefficient (Wildman–Crippen LogP) is 0.917. The van der Waals surface area contributed by atoms with Gasteiger partial charge in [-0.3, -0.25) is 4.99 Å². The summed E-state index contributed by atoms with van der Waals surface area (Å²) in [5.74, 6) is 0. The summed E-state index contributed by atoms with van der Waals surface area (Å²) in [6.45, 7) is 2.19. The van der Waals surface area contributed by atoms with Crippen LogP contribution in [0.5, 0.6) is 0 Å². The van der Waals surface area contributed by atoms with Crippen LogP contribution in [0, 0.1) is 0 Å². The number of anilines is 1. The summed E-state index contributed by atoms with van der Waals surface area (Å²) in [5, 5.41) is 10.0. The SMILES string of the molecule is NCCC(O)c1ccccc1N1C=NCC1. The second-order valence-corrected chi connectivity index (χ2v) is 3.87. The van der Waals surface area contributed by atoms with Gasteiger partial charge in [-0.15, -0.1) is 0 Å². The molecule has 86 valence electrons. The molecule has 0 aromatic heterocycles. The molecule has 0 saturated carbocycles. The first-order chi connectivity index (χ1) is 7.83. The first kappa shape index (κ1) is 11.1. The van der Waals surface area contributed by atoms with Gasteiger partial charge in [0.25, 0.3) is 0 Å². The second-order valence-electron chi connectivity index (χ2n) is 3.87. The smallest absolute Gasteiger partial charge is 0.0895 e. The van der Waals surface area contributed by atoms with Crippen molar-refractivity contribution in [2.24, 2.45) is 10.7 Å². The number of aliphatic hydroxyl groups is 1. The maximum Gasteiger partial charge on any atom is 0.0895 e. The van der Waals surface area contributed by atoms with Crippen LogP contribution in [-0.2, 0) is 0 Å². The normalized spacial score (nSPS) is 16.8. The topological polar surface area (TPSA) is 61.9 Å². The lowest BCUT2D eigenvalue weighted by atomic mass is 10.0. The van der Waals surface area contributed by atoms with E-state index < -0.39 is 6.10 Å². The van der Waals surface area contributed by atoms with E-state index in [0.29, 0.717) is 13.0 Å². The molecule has 4 nitrogen and oxygen atoms in total. The van der Waals surface area contributed by atoms with Crippen LogP contribution in [-0.4, -0.2) is 31.1 Å². The fourth-order valence-corrected chi connectivity index (χ4v) is 1.91. The minimum Gasteiger partial charge on any atom is -0.388 e. The van der Waals surface area contributed by atoms with Crippen molar-refractivity contribution in [2.75, 3.05) is 24.5 Å². The van der Waals surface area contributed by atoms with Gasteiger partial charge in [-0.25, -0.2) is 0 Å². The van der Waals surface area contributed by atoms with Crippen LogP contribution in [0.3, 0.4) is 0 Å². The lowest BCUT2D eigenvalue weighted by molar-refractivity contribution is 0.171. The Kier molecular flexibility index (Phi) is 3.54. The number of hydrogen-bond acceptors (Lipinski definition) is 4. The average Bonchev–Trinajstić information content (AvgIpc) is 2.83. The highest BCUT2D eigenvalue weighted by Gasteiger charge is 2.16. The van der Waals surface area contributed by atoms with Gasteiger partial charge < -0.3 is 15.7 Å². The van der Waals surface area contributed by atoms with E-state index in [1.165, 1.54) is 0 Å². The summed E-state index contributed by atoms with van der Waals surface area (Å²) in [4.78, 5) is 6.25. The fraction of sp³-hybridized carbons (Fsp3) is 0.417. The number of nitrogens with zero attached hydrogens (tertiary/aromatic N) is 2. The average molecular weight is 219 g/mol. The molecule has 0 amide bonds. The van der Waals surface area contributed by atoms with Gasteiger partial charge in [0.1, 0.15) is 0 Å². The van der Waals surface area contributed by atoms with Gasteiger partial charge in [-0.05, 0) is 19.0 Å². The molecule has 1 aliphatic heterocycles. The molecule has 0 saturated heterocycles. The van der Waals surface area contributed by atoms with Gasteiger partial charge in [-0.2, -0.15) is 0 Å². The molecular formula is C12H17N3O. The zero-order chi connectivity index (χ0) is 11.4. The molecule has 1 heterocycles. The van der Waals surface area contributed by atoms with Gasteiger partial charge in [0, 0.05) is 17.8 Å². The molecule has 0 fully saturated rings. The van der Waals surface area contributed by atoms with Gasteiger partial charge >= 0.3 is 0 Å². The Hall–Kier alpha value is -1.39. The first-order valence-corrected chi connectivity index (χ1v) is 5.56. The molecule has 0 spiro atoms. The van der Waals surface area contributed by atoms with Crippen molar-refractivity contribution in [2.45, 2.75) is 12.5 Å². The zero-order valence-electron chi connectivity index (χ0n) is 9.21. The van der Waals surface area contributed by atoms with Gasteiger partial charge in [0.15, 0.2) is 0 Å². The number of benzene rings is 1. The monoisotopic (exact) mass is 219 g/mol. The summed E-state index contributed by atoms with van der Waals surface area (Å²) in [5.41, 5.74) is 7.43. The lowest BCUT2D eigenvalue weighted by Crippen LogP contribution is -2.21. The van der Waals surface area contributed by atoms with Crippen LogP contribution >= 0.6 is 0 Å². The number of nitrogens with two attached hydrogens (primary N) is 1. The Labute approximate surface area is 95.4 Å². The number of rotatable bonds is 4. The molecule has 16 heavy (non-hydrogen) atoms. The highest BCUT2D eigenvalue weighted by atomic mass is 16.3. The summed E-state index contributed by atoms with van der Waals surface area (Å²) in [6, 6.07) is 7.86. The highest BCUT2D eigenvalue weighted by Crippen LogP contribution is 2.28. The summed E-state index contributed by atoms with van der Waals surface area (Å²) >= 11 is 0. The molecule has 0 radical (unpaired) electrons. The van der Waals surface area contributed by atoms with Gasteiger partial charge in [-0.1, -0.05) is 18.2 Å². The highest BCUT2D eigenvalue weighted by molar-refractivity contribution is 5.82. The van der Waals surface area contributed by atoms with Crippen molar-refractivity contribution in [1.29, 1.82) is 0 Å². The Morgan fingerprint density at radius 1 is 1.44 bits per heavy atom. The molecular weight excluding hydrogens is 202 g/mol. The van der Waals surface area contributed by atoms with Crippen LogP contribution in [0.2, 0.25) is 0 Å². The zero-order valence-corrected chi connectivity index (χ0v) is 9.21. The van der Waals surface area contributed by atoms with E-state index in [4.69, 9.17) is 5.73 Å². The third-order valence-corrected chi connectivity index (χ3v) is 2.74. The van der Waals surface area contributed by atoms with Crippen molar-refractivity contribution < 1.29 is 5.11 Å². The number of aliphatic imine (C=N–C) groups is 1.